The van der Waals surface area contributed by atoms with Crippen LogP contribution in [-0.4, -0.2) is 47.9 Å². The van der Waals surface area contributed by atoms with E-state index in [4.69, 9.17) is 0 Å². The Morgan fingerprint density at radius 1 is 0.885 bits per heavy atom. The third-order valence-electron chi connectivity index (χ3n) is 4.74. The number of hydrogen-bond acceptors (Lipinski definition) is 2. The maximum absolute atomic E-state index is 12.7. The molecule has 2 aromatic rings. The monoisotopic (exact) mass is 353 g/mol. The van der Waals surface area contributed by atoms with Gasteiger partial charge in [0.15, 0.2) is 0 Å². The predicted molar refractivity (Wildman–Crippen MR) is 105 cm³/mol. The second kappa shape index (κ2) is 7.36. The Labute approximate surface area is 155 Å². The van der Waals surface area contributed by atoms with E-state index in [0.717, 1.165) is 22.9 Å². The second-order valence-electron chi connectivity index (χ2n) is 7.84. The standard InChI is InChI=1S/C21H27N3O2/c1-21(2,3)19(25)23-12-7-13-24(15-14-23)20(26)22-18-11-6-9-16-8-4-5-10-17(16)18/h4-6,8-11H,7,12-15H2,1-3H3,(H,22,26). The Morgan fingerprint density at radius 2 is 1.54 bits per heavy atom. The summed E-state index contributed by atoms with van der Waals surface area (Å²) in [4.78, 5) is 28.9. The van der Waals surface area contributed by atoms with E-state index in [0.29, 0.717) is 26.2 Å². The molecule has 1 fully saturated rings. The van der Waals surface area contributed by atoms with Gasteiger partial charge in [-0.25, -0.2) is 4.79 Å². The normalized spacial score (nSPS) is 15.7. The van der Waals surface area contributed by atoms with Crippen molar-refractivity contribution in [2.75, 3.05) is 31.5 Å². The van der Waals surface area contributed by atoms with Gasteiger partial charge < -0.3 is 15.1 Å². The van der Waals surface area contributed by atoms with Crippen molar-refractivity contribution < 1.29 is 9.59 Å². The summed E-state index contributed by atoms with van der Waals surface area (Å²) < 4.78 is 0. The van der Waals surface area contributed by atoms with Gasteiger partial charge in [-0.05, 0) is 17.9 Å². The van der Waals surface area contributed by atoms with Crippen molar-refractivity contribution in [3.63, 3.8) is 0 Å². The van der Waals surface area contributed by atoms with Gasteiger partial charge in [-0.2, -0.15) is 0 Å². The third-order valence-corrected chi connectivity index (χ3v) is 4.74. The minimum atomic E-state index is -0.389. The number of nitrogens with one attached hydrogen (secondary N) is 1. The van der Waals surface area contributed by atoms with Crippen LogP contribution in [0.1, 0.15) is 27.2 Å². The minimum Gasteiger partial charge on any atom is -0.340 e. The van der Waals surface area contributed by atoms with Crippen molar-refractivity contribution >= 4 is 28.4 Å². The fourth-order valence-corrected chi connectivity index (χ4v) is 3.33. The number of nitrogens with zero attached hydrogens (tertiary/aromatic N) is 2. The molecule has 0 aliphatic carbocycles. The van der Waals surface area contributed by atoms with Gasteiger partial charge in [-0.3, -0.25) is 4.79 Å². The van der Waals surface area contributed by atoms with Crippen LogP contribution in [0.4, 0.5) is 10.5 Å². The average Bonchev–Trinajstić information content (AvgIpc) is 2.86. The zero-order valence-corrected chi connectivity index (χ0v) is 15.8. The van der Waals surface area contributed by atoms with Crippen LogP contribution >= 0.6 is 0 Å². The number of benzene rings is 2. The van der Waals surface area contributed by atoms with Crippen LogP contribution in [0.5, 0.6) is 0 Å². The molecule has 0 spiro atoms. The predicted octanol–water partition coefficient (Wildman–Crippen LogP) is 3.95. The molecule has 2 aromatic carbocycles. The van der Waals surface area contributed by atoms with Crippen molar-refractivity contribution in [3.05, 3.63) is 42.5 Å². The lowest BCUT2D eigenvalue weighted by Crippen LogP contribution is -2.42. The molecule has 0 atom stereocenters. The summed E-state index contributed by atoms with van der Waals surface area (Å²) in [6, 6.07) is 13.8. The van der Waals surface area contributed by atoms with Crippen LogP contribution in [-0.2, 0) is 4.79 Å². The van der Waals surface area contributed by atoms with Crippen molar-refractivity contribution in [1.82, 2.24) is 9.80 Å². The zero-order chi connectivity index (χ0) is 18.7. The molecular formula is C21H27N3O2. The zero-order valence-electron chi connectivity index (χ0n) is 15.8. The maximum Gasteiger partial charge on any atom is 0.321 e. The molecule has 5 nitrogen and oxygen atoms in total. The first-order valence-corrected chi connectivity index (χ1v) is 9.19. The first-order valence-electron chi connectivity index (χ1n) is 9.19. The number of hydrogen-bond donors (Lipinski definition) is 1. The highest BCUT2D eigenvalue weighted by Crippen LogP contribution is 2.24. The van der Waals surface area contributed by atoms with Gasteiger partial charge in [0.25, 0.3) is 0 Å². The van der Waals surface area contributed by atoms with Crippen molar-refractivity contribution in [3.8, 4) is 0 Å². The molecule has 5 heteroatoms. The molecule has 0 bridgehead atoms. The molecule has 0 aromatic heterocycles. The van der Waals surface area contributed by atoms with Crippen molar-refractivity contribution in [1.29, 1.82) is 0 Å². The fourth-order valence-electron chi connectivity index (χ4n) is 3.33. The van der Waals surface area contributed by atoms with E-state index in [1.165, 1.54) is 0 Å². The fraction of sp³-hybridized carbons (Fsp3) is 0.429. The number of rotatable bonds is 1. The van der Waals surface area contributed by atoms with E-state index < -0.39 is 0 Å². The molecule has 0 unspecified atom stereocenters. The summed E-state index contributed by atoms with van der Waals surface area (Å²) in [6.45, 7) is 8.30. The van der Waals surface area contributed by atoms with Gasteiger partial charge in [0.2, 0.25) is 5.91 Å². The molecular weight excluding hydrogens is 326 g/mol. The molecule has 138 valence electrons. The number of urea groups is 1. The lowest BCUT2D eigenvalue weighted by molar-refractivity contribution is -0.139. The van der Waals surface area contributed by atoms with Gasteiger partial charge in [0.05, 0.1) is 5.69 Å². The lowest BCUT2D eigenvalue weighted by atomic mass is 9.94. The summed E-state index contributed by atoms with van der Waals surface area (Å²) in [5.74, 6) is 0.147. The summed E-state index contributed by atoms with van der Waals surface area (Å²) >= 11 is 0. The van der Waals surface area contributed by atoms with E-state index in [1.54, 1.807) is 4.90 Å². The Morgan fingerprint density at radius 3 is 2.31 bits per heavy atom. The van der Waals surface area contributed by atoms with Gasteiger partial charge >= 0.3 is 6.03 Å². The molecule has 0 saturated carbocycles. The van der Waals surface area contributed by atoms with Crippen LogP contribution < -0.4 is 5.32 Å². The highest BCUT2D eigenvalue weighted by molar-refractivity contribution is 6.01. The molecule has 1 heterocycles. The van der Waals surface area contributed by atoms with Crippen LogP contribution in [0.25, 0.3) is 10.8 Å². The highest BCUT2D eigenvalue weighted by atomic mass is 16.2. The molecule has 1 aliphatic heterocycles. The number of anilines is 1. The van der Waals surface area contributed by atoms with E-state index in [-0.39, 0.29) is 17.4 Å². The molecule has 0 radical (unpaired) electrons. The number of carbonyl (C=O) groups is 2. The number of amides is 3. The smallest absolute Gasteiger partial charge is 0.321 e. The Kier molecular flexibility index (Phi) is 5.16. The second-order valence-corrected chi connectivity index (χ2v) is 7.84. The van der Waals surface area contributed by atoms with Gasteiger partial charge in [-0.1, -0.05) is 57.2 Å². The van der Waals surface area contributed by atoms with E-state index in [2.05, 4.69) is 5.32 Å². The third kappa shape index (κ3) is 3.98. The van der Waals surface area contributed by atoms with Crippen LogP contribution in [0, 0.1) is 5.41 Å². The minimum absolute atomic E-state index is 0.105. The summed E-state index contributed by atoms with van der Waals surface area (Å²) in [7, 11) is 0. The average molecular weight is 353 g/mol. The Balaban J connectivity index is 1.68. The van der Waals surface area contributed by atoms with Crippen molar-refractivity contribution in [2.24, 2.45) is 5.41 Å². The first kappa shape index (κ1) is 18.2. The van der Waals surface area contributed by atoms with Crippen molar-refractivity contribution in [2.45, 2.75) is 27.2 Å². The Hall–Kier alpha value is -2.56. The van der Waals surface area contributed by atoms with E-state index in [9.17, 15) is 9.59 Å². The molecule has 1 aliphatic rings. The highest BCUT2D eigenvalue weighted by Gasteiger charge is 2.29. The molecule has 3 rings (SSSR count). The largest absolute Gasteiger partial charge is 0.340 e. The summed E-state index contributed by atoms with van der Waals surface area (Å²) in [5, 5.41) is 5.17. The Bertz CT molecular complexity index is 805. The van der Waals surface area contributed by atoms with E-state index >= 15 is 0 Å². The molecule has 26 heavy (non-hydrogen) atoms. The van der Waals surface area contributed by atoms with E-state index in [1.807, 2.05) is 68.1 Å². The maximum atomic E-state index is 12.7. The number of carbonyl (C=O) groups excluding carboxylic acids is 2. The first-order chi connectivity index (χ1) is 12.4. The van der Waals surface area contributed by atoms with Gasteiger partial charge in [0.1, 0.15) is 0 Å². The molecule has 1 saturated heterocycles. The molecule has 1 N–H and O–H groups in total. The quantitative estimate of drug-likeness (QED) is 0.844. The van der Waals surface area contributed by atoms with Gasteiger partial charge in [0, 0.05) is 37.0 Å². The summed E-state index contributed by atoms with van der Waals surface area (Å²) in [6.07, 6.45) is 0.796. The van der Waals surface area contributed by atoms with Crippen LogP contribution in [0.15, 0.2) is 42.5 Å². The topological polar surface area (TPSA) is 52.7 Å². The SMILES string of the molecule is CC(C)(C)C(=O)N1CCCN(C(=O)Nc2cccc3ccccc23)CC1. The number of fused-ring (bicyclic) bond motifs is 1. The van der Waals surface area contributed by atoms with Gasteiger partial charge in [-0.15, -0.1) is 0 Å². The van der Waals surface area contributed by atoms with Crippen LogP contribution in [0.3, 0.4) is 0 Å². The van der Waals surface area contributed by atoms with Crippen LogP contribution in [0.2, 0.25) is 0 Å². The molecule has 3 amide bonds. The summed E-state index contributed by atoms with van der Waals surface area (Å²) in [5.41, 5.74) is 0.431. The lowest BCUT2D eigenvalue weighted by Gasteiger charge is -2.28.